The fraction of sp³-hybridized carbons (Fsp3) is 0.353. The number of ether oxygens (including phenoxy) is 1. The molecular formula is C17H23N3O. The van der Waals surface area contributed by atoms with Crippen LogP contribution in [0.4, 0.5) is 0 Å². The summed E-state index contributed by atoms with van der Waals surface area (Å²) < 4.78 is 6.99. The van der Waals surface area contributed by atoms with Crippen LogP contribution < -0.4 is 10.1 Å². The first-order valence-corrected chi connectivity index (χ1v) is 7.11. The van der Waals surface area contributed by atoms with Crippen molar-refractivity contribution in [3.8, 4) is 5.75 Å². The largest absolute Gasteiger partial charge is 0.497 e. The zero-order valence-corrected chi connectivity index (χ0v) is 13.1. The van der Waals surface area contributed by atoms with Crippen LogP contribution in [0.25, 0.3) is 6.08 Å². The minimum Gasteiger partial charge on any atom is -0.497 e. The monoisotopic (exact) mass is 285 g/mol. The number of methoxy groups -OCH3 is 1. The van der Waals surface area contributed by atoms with Gasteiger partial charge in [0.1, 0.15) is 5.75 Å². The van der Waals surface area contributed by atoms with E-state index in [1.54, 1.807) is 7.11 Å². The summed E-state index contributed by atoms with van der Waals surface area (Å²) in [4.78, 5) is 0. The first-order chi connectivity index (χ1) is 10.1. The van der Waals surface area contributed by atoms with E-state index in [2.05, 4.69) is 42.5 Å². The van der Waals surface area contributed by atoms with Gasteiger partial charge in [0.2, 0.25) is 0 Å². The SMILES string of the molecule is COc1ccc(C=C(C)CN[C@@H](C)c2cnn(C)c2)cc1. The summed E-state index contributed by atoms with van der Waals surface area (Å²) >= 11 is 0. The molecular weight excluding hydrogens is 262 g/mol. The highest BCUT2D eigenvalue weighted by molar-refractivity contribution is 5.53. The minimum absolute atomic E-state index is 0.290. The average molecular weight is 285 g/mol. The van der Waals surface area contributed by atoms with E-state index in [-0.39, 0.29) is 6.04 Å². The van der Waals surface area contributed by atoms with Gasteiger partial charge in [0.25, 0.3) is 0 Å². The van der Waals surface area contributed by atoms with Gasteiger partial charge in [0, 0.05) is 31.4 Å². The van der Waals surface area contributed by atoms with Gasteiger partial charge in [-0.05, 0) is 31.5 Å². The molecule has 0 saturated heterocycles. The Morgan fingerprint density at radius 1 is 1.38 bits per heavy atom. The highest BCUT2D eigenvalue weighted by Crippen LogP contribution is 2.15. The molecule has 4 heteroatoms. The Morgan fingerprint density at radius 2 is 2.10 bits per heavy atom. The zero-order valence-electron chi connectivity index (χ0n) is 13.1. The maximum atomic E-state index is 5.16. The number of rotatable bonds is 6. The number of nitrogens with one attached hydrogen (secondary N) is 1. The van der Waals surface area contributed by atoms with Crippen molar-refractivity contribution in [2.75, 3.05) is 13.7 Å². The number of nitrogens with zero attached hydrogens (tertiary/aromatic N) is 2. The lowest BCUT2D eigenvalue weighted by Gasteiger charge is -2.12. The lowest BCUT2D eigenvalue weighted by Crippen LogP contribution is -2.20. The Balaban J connectivity index is 1.91. The molecule has 0 unspecified atom stereocenters. The van der Waals surface area contributed by atoms with Crippen LogP contribution in [0, 0.1) is 0 Å². The van der Waals surface area contributed by atoms with E-state index in [0.717, 1.165) is 12.3 Å². The van der Waals surface area contributed by atoms with E-state index < -0.39 is 0 Å². The van der Waals surface area contributed by atoms with Gasteiger partial charge in [0.05, 0.1) is 13.3 Å². The van der Waals surface area contributed by atoms with Crippen molar-refractivity contribution in [1.29, 1.82) is 0 Å². The third kappa shape index (κ3) is 4.46. The van der Waals surface area contributed by atoms with Crippen LogP contribution in [0.15, 0.2) is 42.2 Å². The molecule has 0 aliphatic carbocycles. The normalized spacial score (nSPS) is 13.2. The molecule has 1 aromatic heterocycles. The summed E-state index contributed by atoms with van der Waals surface area (Å²) in [5.41, 5.74) is 3.68. The molecule has 1 atom stereocenters. The molecule has 0 bridgehead atoms. The molecule has 21 heavy (non-hydrogen) atoms. The highest BCUT2D eigenvalue weighted by atomic mass is 16.5. The van der Waals surface area contributed by atoms with E-state index in [1.165, 1.54) is 16.7 Å². The van der Waals surface area contributed by atoms with E-state index in [1.807, 2.05) is 36.3 Å². The Labute approximate surface area is 126 Å². The fourth-order valence-corrected chi connectivity index (χ4v) is 2.13. The van der Waals surface area contributed by atoms with Crippen molar-refractivity contribution in [2.45, 2.75) is 19.9 Å². The lowest BCUT2D eigenvalue weighted by atomic mass is 10.1. The summed E-state index contributed by atoms with van der Waals surface area (Å²) in [7, 11) is 3.62. The van der Waals surface area contributed by atoms with Gasteiger partial charge in [-0.1, -0.05) is 23.8 Å². The van der Waals surface area contributed by atoms with Crippen LogP contribution >= 0.6 is 0 Å². The van der Waals surface area contributed by atoms with Crippen LogP contribution in [0.3, 0.4) is 0 Å². The Bertz CT molecular complexity index is 599. The molecule has 0 radical (unpaired) electrons. The minimum atomic E-state index is 0.290. The number of benzene rings is 1. The predicted octanol–water partition coefficient (Wildman–Crippen LogP) is 3.18. The molecule has 4 nitrogen and oxygen atoms in total. The fourth-order valence-electron chi connectivity index (χ4n) is 2.13. The first kappa shape index (κ1) is 15.3. The Morgan fingerprint density at radius 3 is 2.67 bits per heavy atom. The first-order valence-electron chi connectivity index (χ1n) is 7.11. The zero-order chi connectivity index (χ0) is 15.2. The number of aryl methyl sites for hydroxylation is 1. The van der Waals surface area contributed by atoms with Crippen LogP contribution in [0.1, 0.15) is 31.0 Å². The van der Waals surface area contributed by atoms with Crippen molar-refractivity contribution in [1.82, 2.24) is 15.1 Å². The van der Waals surface area contributed by atoms with Gasteiger partial charge in [-0.2, -0.15) is 5.10 Å². The topological polar surface area (TPSA) is 39.1 Å². The smallest absolute Gasteiger partial charge is 0.118 e. The lowest BCUT2D eigenvalue weighted by molar-refractivity contribution is 0.415. The van der Waals surface area contributed by atoms with Gasteiger partial charge < -0.3 is 10.1 Å². The van der Waals surface area contributed by atoms with E-state index in [4.69, 9.17) is 4.74 Å². The van der Waals surface area contributed by atoms with Gasteiger partial charge in [-0.25, -0.2) is 0 Å². The van der Waals surface area contributed by atoms with Crippen molar-refractivity contribution in [2.24, 2.45) is 7.05 Å². The molecule has 0 saturated carbocycles. The molecule has 0 aliphatic heterocycles. The second-order valence-electron chi connectivity index (χ2n) is 5.31. The van der Waals surface area contributed by atoms with Crippen LogP contribution in [-0.4, -0.2) is 23.4 Å². The van der Waals surface area contributed by atoms with Gasteiger partial charge in [-0.3, -0.25) is 4.68 Å². The second kappa shape index (κ2) is 7.09. The second-order valence-corrected chi connectivity index (χ2v) is 5.31. The third-order valence-corrected chi connectivity index (χ3v) is 3.44. The maximum Gasteiger partial charge on any atom is 0.118 e. The van der Waals surface area contributed by atoms with Crippen molar-refractivity contribution in [3.05, 3.63) is 53.4 Å². The van der Waals surface area contributed by atoms with Crippen molar-refractivity contribution >= 4 is 6.08 Å². The number of hydrogen-bond donors (Lipinski definition) is 1. The molecule has 0 amide bonds. The molecule has 0 spiro atoms. The molecule has 0 aliphatic rings. The average Bonchev–Trinajstić information content (AvgIpc) is 2.92. The summed E-state index contributed by atoms with van der Waals surface area (Å²) in [5, 5.41) is 7.71. The van der Waals surface area contributed by atoms with Crippen molar-refractivity contribution < 1.29 is 4.74 Å². The van der Waals surface area contributed by atoms with Crippen LogP contribution in [0.2, 0.25) is 0 Å². The molecule has 112 valence electrons. The van der Waals surface area contributed by atoms with E-state index in [0.29, 0.717) is 0 Å². The summed E-state index contributed by atoms with van der Waals surface area (Å²) in [6.07, 6.45) is 6.13. The van der Waals surface area contributed by atoms with Gasteiger partial charge in [0.15, 0.2) is 0 Å². The Kier molecular flexibility index (Phi) is 5.17. The predicted molar refractivity (Wildman–Crippen MR) is 86.3 cm³/mol. The maximum absolute atomic E-state index is 5.16. The molecule has 2 rings (SSSR count). The van der Waals surface area contributed by atoms with E-state index >= 15 is 0 Å². The third-order valence-electron chi connectivity index (χ3n) is 3.44. The highest BCUT2D eigenvalue weighted by Gasteiger charge is 2.06. The Hall–Kier alpha value is -2.07. The standard InChI is InChI=1S/C17H23N3O/c1-13(9-15-5-7-17(21-4)8-6-15)10-18-14(2)16-11-19-20(3)12-16/h5-9,11-12,14,18H,10H2,1-4H3/t14-/m0/s1. The summed E-state index contributed by atoms with van der Waals surface area (Å²) in [6.45, 7) is 5.13. The van der Waals surface area contributed by atoms with Crippen LogP contribution in [-0.2, 0) is 7.05 Å². The number of aromatic nitrogens is 2. The van der Waals surface area contributed by atoms with Gasteiger partial charge >= 0.3 is 0 Å². The molecule has 0 fully saturated rings. The molecule has 1 heterocycles. The van der Waals surface area contributed by atoms with Crippen molar-refractivity contribution in [3.63, 3.8) is 0 Å². The quantitative estimate of drug-likeness (QED) is 0.886. The van der Waals surface area contributed by atoms with Gasteiger partial charge in [-0.15, -0.1) is 0 Å². The van der Waals surface area contributed by atoms with E-state index in [9.17, 15) is 0 Å². The molecule has 2 aromatic rings. The molecule has 1 N–H and O–H groups in total. The summed E-state index contributed by atoms with van der Waals surface area (Å²) in [6, 6.07) is 8.37. The van der Waals surface area contributed by atoms with Crippen LogP contribution in [0.5, 0.6) is 5.75 Å². The molecule has 1 aromatic carbocycles. The number of hydrogen-bond acceptors (Lipinski definition) is 3. The summed E-state index contributed by atoms with van der Waals surface area (Å²) in [5.74, 6) is 0.883.